The summed E-state index contributed by atoms with van der Waals surface area (Å²) in [5.41, 5.74) is 3.62. The lowest BCUT2D eigenvalue weighted by molar-refractivity contribution is -0.122. The van der Waals surface area contributed by atoms with Gasteiger partial charge in [-0.05, 0) is 48.6 Å². The van der Waals surface area contributed by atoms with Gasteiger partial charge in [-0.2, -0.15) is 0 Å². The minimum atomic E-state index is -3.79. The second kappa shape index (κ2) is 10.5. The number of amides is 1. The van der Waals surface area contributed by atoms with Crippen LogP contribution < -0.4 is 19.1 Å². The van der Waals surface area contributed by atoms with E-state index in [0.29, 0.717) is 18.0 Å². The molecule has 0 aliphatic rings. The smallest absolute Gasteiger partial charge is 0.243 e. The summed E-state index contributed by atoms with van der Waals surface area (Å²) in [5, 5.41) is 2.90. The molecule has 170 valence electrons. The largest absolute Gasteiger partial charge is 0.497 e. The summed E-state index contributed by atoms with van der Waals surface area (Å²) in [5.74, 6) is 0.384. The maximum Gasteiger partial charge on any atom is 0.243 e. The quantitative estimate of drug-likeness (QED) is 0.603. The maximum atomic E-state index is 13.0. The number of sulfonamides is 1. The molecule has 0 aliphatic heterocycles. The number of hydrogen-bond donors (Lipinski definition) is 1. The van der Waals surface area contributed by atoms with E-state index >= 15 is 0 Å². The van der Waals surface area contributed by atoms with Crippen molar-refractivity contribution >= 4 is 21.6 Å². The fourth-order valence-electron chi connectivity index (χ4n) is 3.49. The molecule has 0 aromatic heterocycles. The Kier molecular flexibility index (Phi) is 8.33. The van der Waals surface area contributed by atoms with E-state index in [2.05, 4.69) is 37.4 Å². The van der Waals surface area contributed by atoms with E-state index in [0.717, 1.165) is 34.5 Å². The number of carbonyl (C=O) groups is 1. The van der Waals surface area contributed by atoms with Gasteiger partial charge in [0.1, 0.15) is 17.5 Å². The van der Waals surface area contributed by atoms with Crippen molar-refractivity contribution in [2.75, 3.05) is 24.8 Å². The Morgan fingerprint density at radius 3 is 2.29 bits per heavy atom. The molecule has 0 radical (unpaired) electrons. The third-order valence-corrected chi connectivity index (χ3v) is 6.45. The molecule has 31 heavy (non-hydrogen) atoms. The number of ether oxygens (including phenoxy) is 2. The lowest BCUT2D eigenvalue weighted by Gasteiger charge is -2.29. The highest BCUT2D eigenvalue weighted by molar-refractivity contribution is 7.92. The van der Waals surface area contributed by atoms with Crippen molar-refractivity contribution in [2.24, 2.45) is 0 Å². The van der Waals surface area contributed by atoms with Gasteiger partial charge in [0.25, 0.3) is 0 Å². The molecular weight excluding hydrogens is 416 g/mol. The van der Waals surface area contributed by atoms with E-state index in [1.165, 1.54) is 19.8 Å². The van der Waals surface area contributed by atoms with Gasteiger partial charge in [-0.25, -0.2) is 8.42 Å². The first-order valence-electron chi connectivity index (χ1n) is 10.3. The van der Waals surface area contributed by atoms with Crippen molar-refractivity contribution in [3.8, 4) is 11.5 Å². The first-order valence-corrected chi connectivity index (χ1v) is 12.1. The van der Waals surface area contributed by atoms with E-state index in [1.54, 1.807) is 25.1 Å². The topological polar surface area (TPSA) is 84.9 Å². The summed E-state index contributed by atoms with van der Waals surface area (Å²) in [4.78, 5) is 13.0. The first-order chi connectivity index (χ1) is 14.7. The lowest BCUT2D eigenvalue weighted by Crippen LogP contribution is -2.47. The summed E-state index contributed by atoms with van der Waals surface area (Å²) in [6.07, 6.45) is 2.82. The molecule has 0 aliphatic carbocycles. The third-order valence-electron chi connectivity index (χ3n) is 5.22. The minimum Gasteiger partial charge on any atom is -0.497 e. The van der Waals surface area contributed by atoms with Crippen LogP contribution >= 0.6 is 0 Å². The van der Waals surface area contributed by atoms with Gasteiger partial charge >= 0.3 is 0 Å². The highest BCUT2D eigenvalue weighted by Gasteiger charge is 2.31. The summed E-state index contributed by atoms with van der Waals surface area (Å²) >= 11 is 0. The fraction of sp³-hybridized carbons (Fsp3) is 0.435. The third kappa shape index (κ3) is 5.91. The molecule has 1 atom stereocenters. The Morgan fingerprint density at radius 1 is 1.03 bits per heavy atom. The molecule has 2 rings (SSSR count). The number of anilines is 1. The number of aryl methyl sites for hydroxylation is 2. The Labute approximate surface area is 185 Å². The predicted molar refractivity (Wildman–Crippen MR) is 123 cm³/mol. The van der Waals surface area contributed by atoms with Gasteiger partial charge in [-0.15, -0.1) is 0 Å². The van der Waals surface area contributed by atoms with Crippen molar-refractivity contribution in [2.45, 2.75) is 46.2 Å². The van der Waals surface area contributed by atoms with Crippen LogP contribution in [0.5, 0.6) is 11.5 Å². The van der Waals surface area contributed by atoms with E-state index in [4.69, 9.17) is 9.47 Å². The predicted octanol–water partition coefficient (Wildman–Crippen LogP) is 3.30. The number of methoxy groups -OCH3 is 2. The SMILES string of the molecule is CCc1ccc(CC)c(CNC(=O)[C@H](C)N(c2cc(OC)ccc2OC)S(C)(=O)=O)c1. The van der Waals surface area contributed by atoms with Gasteiger partial charge in [-0.3, -0.25) is 9.10 Å². The van der Waals surface area contributed by atoms with Crippen LogP contribution in [0, 0.1) is 0 Å². The van der Waals surface area contributed by atoms with Gasteiger partial charge < -0.3 is 14.8 Å². The van der Waals surface area contributed by atoms with Gasteiger partial charge in [0.2, 0.25) is 15.9 Å². The summed E-state index contributed by atoms with van der Waals surface area (Å²) in [6.45, 7) is 6.03. The second-order valence-electron chi connectivity index (χ2n) is 7.30. The molecule has 0 heterocycles. The molecule has 0 bridgehead atoms. The summed E-state index contributed by atoms with van der Waals surface area (Å²) in [7, 11) is -0.853. The molecule has 0 saturated heterocycles. The fourth-order valence-corrected chi connectivity index (χ4v) is 4.66. The summed E-state index contributed by atoms with van der Waals surface area (Å²) < 4.78 is 36.9. The van der Waals surface area contributed by atoms with Crippen molar-refractivity contribution < 1.29 is 22.7 Å². The van der Waals surface area contributed by atoms with E-state index in [9.17, 15) is 13.2 Å². The van der Waals surface area contributed by atoms with Crippen molar-refractivity contribution in [1.29, 1.82) is 0 Å². The monoisotopic (exact) mass is 448 g/mol. The number of benzene rings is 2. The molecule has 0 fully saturated rings. The van der Waals surface area contributed by atoms with Crippen LogP contribution in [0.3, 0.4) is 0 Å². The average molecular weight is 449 g/mol. The van der Waals surface area contributed by atoms with Crippen molar-refractivity contribution in [3.05, 3.63) is 53.1 Å². The molecule has 1 N–H and O–H groups in total. The van der Waals surface area contributed by atoms with Gasteiger partial charge in [0.15, 0.2) is 0 Å². The van der Waals surface area contributed by atoms with E-state index in [1.807, 2.05) is 0 Å². The number of carbonyl (C=O) groups excluding carboxylic acids is 1. The normalized spacial score (nSPS) is 12.2. The van der Waals surface area contributed by atoms with Crippen LogP contribution in [0.2, 0.25) is 0 Å². The summed E-state index contributed by atoms with van der Waals surface area (Å²) in [6, 6.07) is 10.1. The molecule has 2 aromatic carbocycles. The zero-order valence-electron chi connectivity index (χ0n) is 19.1. The Bertz CT molecular complexity index is 1020. The molecule has 8 heteroatoms. The van der Waals surface area contributed by atoms with Crippen LogP contribution in [-0.4, -0.2) is 40.8 Å². The van der Waals surface area contributed by atoms with Crippen LogP contribution in [0.4, 0.5) is 5.69 Å². The van der Waals surface area contributed by atoms with Gasteiger partial charge in [0.05, 0.1) is 26.2 Å². The molecule has 1 amide bonds. The highest BCUT2D eigenvalue weighted by Crippen LogP contribution is 2.35. The number of nitrogens with one attached hydrogen (secondary N) is 1. The Hall–Kier alpha value is -2.74. The van der Waals surface area contributed by atoms with Crippen LogP contribution in [-0.2, 0) is 34.2 Å². The molecular formula is C23H32N2O5S. The molecule has 0 unspecified atom stereocenters. The Morgan fingerprint density at radius 2 is 1.74 bits per heavy atom. The second-order valence-corrected chi connectivity index (χ2v) is 9.16. The Balaban J connectivity index is 2.33. The molecule has 7 nitrogen and oxygen atoms in total. The molecule has 0 saturated carbocycles. The maximum absolute atomic E-state index is 13.0. The van der Waals surface area contributed by atoms with Crippen molar-refractivity contribution in [3.63, 3.8) is 0 Å². The first kappa shape index (κ1) is 24.5. The van der Waals surface area contributed by atoms with Crippen LogP contribution in [0.1, 0.15) is 37.5 Å². The number of hydrogen-bond acceptors (Lipinski definition) is 5. The standard InChI is InChI=1S/C23H32N2O5S/c1-7-17-9-10-18(8-2)19(13-17)15-24-23(26)16(3)25(31(6,27)28)21-14-20(29-4)11-12-22(21)30-5/h9-14,16H,7-8,15H2,1-6H3,(H,24,26)/t16-/m0/s1. The van der Waals surface area contributed by atoms with Crippen LogP contribution in [0.25, 0.3) is 0 Å². The van der Waals surface area contributed by atoms with E-state index < -0.39 is 22.0 Å². The highest BCUT2D eigenvalue weighted by atomic mass is 32.2. The zero-order valence-corrected chi connectivity index (χ0v) is 19.9. The van der Waals surface area contributed by atoms with Crippen molar-refractivity contribution in [1.82, 2.24) is 5.32 Å². The van der Waals surface area contributed by atoms with Crippen LogP contribution in [0.15, 0.2) is 36.4 Å². The number of nitrogens with zero attached hydrogens (tertiary/aromatic N) is 1. The van der Waals surface area contributed by atoms with Gasteiger partial charge in [-0.1, -0.05) is 32.0 Å². The zero-order chi connectivity index (χ0) is 23.2. The minimum absolute atomic E-state index is 0.245. The van der Waals surface area contributed by atoms with E-state index in [-0.39, 0.29) is 5.69 Å². The van der Waals surface area contributed by atoms with Gasteiger partial charge in [0, 0.05) is 12.6 Å². The lowest BCUT2D eigenvalue weighted by atomic mass is 10.0. The number of rotatable bonds is 10. The molecule has 2 aromatic rings. The average Bonchev–Trinajstić information content (AvgIpc) is 2.76. The molecule has 0 spiro atoms.